The van der Waals surface area contributed by atoms with E-state index in [0.29, 0.717) is 10.6 Å². The molecular formula is C13H11ClFN3S. The zero-order valence-electron chi connectivity index (χ0n) is 10.4. The molecule has 1 atom stereocenters. The minimum atomic E-state index is -0.267. The van der Waals surface area contributed by atoms with Crippen molar-refractivity contribution in [2.75, 3.05) is 11.9 Å². The summed E-state index contributed by atoms with van der Waals surface area (Å²) >= 11 is 7.04. The molecule has 0 fully saturated rings. The fourth-order valence-electron chi connectivity index (χ4n) is 1.74. The van der Waals surface area contributed by atoms with E-state index in [0.717, 1.165) is 5.56 Å². The summed E-state index contributed by atoms with van der Waals surface area (Å²) in [5.74, 6) is -0.267. The fraction of sp³-hybridized carbons (Fsp3) is 0.231. The zero-order chi connectivity index (χ0) is 14.0. The molecule has 6 heteroatoms. The molecule has 0 radical (unpaired) electrons. The summed E-state index contributed by atoms with van der Waals surface area (Å²) < 4.78 is 16.9. The summed E-state index contributed by atoms with van der Waals surface area (Å²) in [6.07, 6.45) is 0. The monoisotopic (exact) mass is 295 g/mol. The first kappa shape index (κ1) is 13.8. The van der Waals surface area contributed by atoms with Crippen LogP contribution in [0.1, 0.15) is 24.1 Å². The molecule has 0 spiro atoms. The van der Waals surface area contributed by atoms with Gasteiger partial charge in [-0.15, -0.1) is 0 Å². The number of rotatable bonds is 3. The van der Waals surface area contributed by atoms with Crippen molar-refractivity contribution in [1.82, 2.24) is 4.37 Å². The Morgan fingerprint density at radius 2 is 2.05 bits per heavy atom. The summed E-state index contributed by atoms with van der Waals surface area (Å²) in [4.78, 5) is 1.91. The van der Waals surface area contributed by atoms with Crippen LogP contribution in [0.25, 0.3) is 0 Å². The van der Waals surface area contributed by atoms with Gasteiger partial charge >= 0.3 is 0 Å². The first-order chi connectivity index (χ1) is 9.04. The largest absolute Gasteiger partial charge is 0.357 e. The van der Waals surface area contributed by atoms with Gasteiger partial charge in [0.05, 0.1) is 6.04 Å². The van der Waals surface area contributed by atoms with Gasteiger partial charge in [-0.2, -0.15) is 9.64 Å². The fourth-order valence-corrected chi connectivity index (χ4v) is 2.81. The standard InChI is InChI=1S/C13H11ClFN3S/c1-8(9-3-5-10(15)6-4-9)18(2)13-11(7-16)12(14)17-19-13/h3-6,8H,1-2H3. The molecule has 0 bridgehead atoms. The van der Waals surface area contributed by atoms with Gasteiger partial charge in [0.25, 0.3) is 0 Å². The van der Waals surface area contributed by atoms with Gasteiger partial charge in [0, 0.05) is 7.05 Å². The van der Waals surface area contributed by atoms with Gasteiger partial charge in [0.15, 0.2) is 5.15 Å². The highest BCUT2D eigenvalue weighted by atomic mass is 35.5. The molecule has 0 aliphatic heterocycles. The van der Waals surface area contributed by atoms with Gasteiger partial charge in [0.1, 0.15) is 22.5 Å². The summed E-state index contributed by atoms with van der Waals surface area (Å²) in [5.41, 5.74) is 1.33. The van der Waals surface area contributed by atoms with Crippen molar-refractivity contribution in [2.45, 2.75) is 13.0 Å². The van der Waals surface area contributed by atoms with Crippen molar-refractivity contribution >= 4 is 28.1 Å². The predicted molar refractivity (Wildman–Crippen MR) is 75.1 cm³/mol. The van der Waals surface area contributed by atoms with E-state index in [1.165, 1.54) is 23.7 Å². The topological polar surface area (TPSA) is 39.9 Å². The number of halogens is 2. The number of anilines is 1. The third kappa shape index (κ3) is 2.70. The Hall–Kier alpha value is -1.64. The van der Waals surface area contributed by atoms with E-state index in [9.17, 15) is 4.39 Å². The second-order valence-electron chi connectivity index (χ2n) is 4.10. The van der Waals surface area contributed by atoms with Crippen LogP contribution in [-0.4, -0.2) is 11.4 Å². The van der Waals surface area contributed by atoms with Crippen LogP contribution in [0.3, 0.4) is 0 Å². The third-order valence-electron chi connectivity index (χ3n) is 3.00. The van der Waals surface area contributed by atoms with Gasteiger partial charge in [-0.3, -0.25) is 0 Å². The van der Waals surface area contributed by atoms with E-state index >= 15 is 0 Å². The Morgan fingerprint density at radius 3 is 2.63 bits per heavy atom. The van der Waals surface area contributed by atoms with Crippen LogP contribution < -0.4 is 4.90 Å². The molecule has 2 aromatic rings. The van der Waals surface area contributed by atoms with Crippen molar-refractivity contribution in [3.8, 4) is 6.07 Å². The maximum Gasteiger partial charge on any atom is 0.162 e. The van der Waals surface area contributed by atoms with Gasteiger partial charge in [-0.1, -0.05) is 23.7 Å². The van der Waals surface area contributed by atoms with Gasteiger partial charge in [-0.25, -0.2) is 4.39 Å². The van der Waals surface area contributed by atoms with Crippen molar-refractivity contribution < 1.29 is 4.39 Å². The van der Waals surface area contributed by atoms with Crippen LogP contribution in [0.15, 0.2) is 24.3 Å². The number of aromatic nitrogens is 1. The van der Waals surface area contributed by atoms with E-state index < -0.39 is 0 Å². The maximum atomic E-state index is 12.9. The average molecular weight is 296 g/mol. The molecule has 0 saturated heterocycles. The Kier molecular flexibility index (Phi) is 4.03. The average Bonchev–Trinajstić information content (AvgIpc) is 2.79. The second-order valence-corrected chi connectivity index (χ2v) is 5.21. The minimum Gasteiger partial charge on any atom is -0.357 e. The van der Waals surface area contributed by atoms with E-state index in [4.69, 9.17) is 16.9 Å². The molecule has 98 valence electrons. The van der Waals surface area contributed by atoms with E-state index in [-0.39, 0.29) is 17.0 Å². The molecule has 0 amide bonds. The Morgan fingerprint density at radius 1 is 1.42 bits per heavy atom. The second kappa shape index (κ2) is 5.55. The number of hydrogen-bond donors (Lipinski definition) is 0. The van der Waals surface area contributed by atoms with E-state index in [1.807, 2.05) is 18.9 Å². The Bertz CT molecular complexity index is 618. The highest BCUT2D eigenvalue weighted by molar-refractivity contribution is 7.10. The van der Waals surface area contributed by atoms with Crippen molar-refractivity contribution in [3.05, 3.63) is 46.4 Å². The Balaban J connectivity index is 2.31. The number of nitriles is 1. The maximum absolute atomic E-state index is 12.9. The molecule has 1 aromatic heterocycles. The van der Waals surface area contributed by atoms with Gasteiger partial charge in [0.2, 0.25) is 0 Å². The number of benzene rings is 1. The number of hydrogen-bond acceptors (Lipinski definition) is 4. The first-order valence-corrected chi connectivity index (χ1v) is 6.73. The molecule has 1 aromatic carbocycles. The van der Waals surface area contributed by atoms with Crippen molar-refractivity contribution in [1.29, 1.82) is 5.26 Å². The lowest BCUT2D eigenvalue weighted by Gasteiger charge is -2.25. The third-order valence-corrected chi connectivity index (χ3v) is 4.31. The molecule has 1 unspecified atom stereocenters. The Labute approximate surface area is 120 Å². The highest BCUT2D eigenvalue weighted by Gasteiger charge is 2.20. The quantitative estimate of drug-likeness (QED) is 0.859. The summed E-state index contributed by atoms with van der Waals surface area (Å²) in [7, 11) is 1.86. The van der Waals surface area contributed by atoms with Crippen LogP contribution in [-0.2, 0) is 0 Å². The van der Waals surface area contributed by atoms with Gasteiger partial charge in [-0.05, 0) is 36.2 Å². The summed E-state index contributed by atoms with van der Waals surface area (Å²) in [6, 6.07) is 8.34. The minimum absolute atomic E-state index is 0.00998. The summed E-state index contributed by atoms with van der Waals surface area (Å²) in [6.45, 7) is 1.97. The van der Waals surface area contributed by atoms with Crippen molar-refractivity contribution in [2.24, 2.45) is 0 Å². The zero-order valence-corrected chi connectivity index (χ0v) is 12.0. The molecule has 2 rings (SSSR count). The lowest BCUT2D eigenvalue weighted by Crippen LogP contribution is -2.21. The molecule has 0 aliphatic rings. The lowest BCUT2D eigenvalue weighted by molar-refractivity contribution is 0.625. The van der Waals surface area contributed by atoms with Crippen molar-refractivity contribution in [3.63, 3.8) is 0 Å². The van der Waals surface area contributed by atoms with Crippen LogP contribution in [0.2, 0.25) is 5.15 Å². The van der Waals surface area contributed by atoms with Crippen LogP contribution in [0.4, 0.5) is 9.39 Å². The first-order valence-electron chi connectivity index (χ1n) is 5.58. The SMILES string of the molecule is CC(c1ccc(F)cc1)N(C)c1snc(Cl)c1C#N. The van der Waals surface area contributed by atoms with Crippen LogP contribution >= 0.6 is 23.1 Å². The summed E-state index contributed by atoms with van der Waals surface area (Å²) in [5, 5.41) is 10.0. The van der Waals surface area contributed by atoms with Crippen LogP contribution in [0.5, 0.6) is 0 Å². The molecule has 0 aliphatic carbocycles. The molecule has 19 heavy (non-hydrogen) atoms. The highest BCUT2D eigenvalue weighted by Crippen LogP contribution is 2.34. The molecular weight excluding hydrogens is 285 g/mol. The number of nitrogens with zero attached hydrogens (tertiary/aromatic N) is 3. The predicted octanol–water partition coefficient (Wildman–Crippen LogP) is 4.00. The smallest absolute Gasteiger partial charge is 0.162 e. The molecule has 0 N–H and O–H groups in total. The lowest BCUT2D eigenvalue weighted by atomic mass is 10.1. The van der Waals surface area contributed by atoms with E-state index in [1.54, 1.807) is 12.1 Å². The normalized spacial score (nSPS) is 11.9. The molecule has 3 nitrogen and oxygen atoms in total. The van der Waals surface area contributed by atoms with E-state index in [2.05, 4.69) is 10.4 Å². The molecule has 0 saturated carbocycles. The van der Waals surface area contributed by atoms with Gasteiger partial charge < -0.3 is 4.90 Å². The molecule has 1 heterocycles. The van der Waals surface area contributed by atoms with Crippen LogP contribution in [0, 0.1) is 17.1 Å².